The van der Waals surface area contributed by atoms with E-state index in [-0.39, 0.29) is 75.0 Å². The summed E-state index contributed by atoms with van der Waals surface area (Å²) in [4.78, 5) is 135. The highest BCUT2D eigenvalue weighted by atomic mass is 79.9. The van der Waals surface area contributed by atoms with Gasteiger partial charge in [-0.2, -0.15) is 0 Å². The van der Waals surface area contributed by atoms with E-state index < -0.39 is 0 Å². The first kappa shape index (κ1) is 112. The van der Waals surface area contributed by atoms with Crippen LogP contribution in [0.5, 0.6) is 0 Å². The first-order valence-electron chi connectivity index (χ1n) is 48.8. The van der Waals surface area contributed by atoms with E-state index in [1.807, 2.05) is 71.5 Å². The number of nitrogens with zero attached hydrogens (tertiary/aromatic N) is 17. The van der Waals surface area contributed by atoms with E-state index in [2.05, 4.69) is 176 Å². The third-order valence-electron chi connectivity index (χ3n) is 24.4. The van der Waals surface area contributed by atoms with Crippen LogP contribution < -0.4 is 11.5 Å². The number of hydrogen-bond acceptors (Lipinski definition) is 24. The number of carbonyl (C=O) groups is 7. The van der Waals surface area contributed by atoms with Crippen LogP contribution in [0.4, 0.5) is 5.95 Å². The Kier molecular flexibility index (Phi) is 45.5. The highest BCUT2D eigenvalue weighted by Gasteiger charge is 2.34. The number of amidine groups is 1. The van der Waals surface area contributed by atoms with Crippen molar-refractivity contribution < 1.29 is 43.0 Å². The number of fused-ring (bicyclic) bond motifs is 9. The molecule has 0 bridgehead atoms. The number of aryl methyl sites for hydroxylation is 10. The zero-order valence-corrected chi connectivity index (χ0v) is 87.0. The zero-order chi connectivity index (χ0) is 96.9. The molecular formula is C102H149BrClN21O9P-3. The van der Waals surface area contributed by atoms with Gasteiger partial charge in [0, 0.05) is 220 Å². The maximum Gasteiger partial charge on any atom is 0.220 e. The van der Waals surface area contributed by atoms with Crippen molar-refractivity contribution in [1.82, 2.24) is 87.8 Å². The SMILES string of the molecule is CCC(=N)N.CCOC1=C(Br)C(=O)CCC1.CCOC1=CC(=O)CCC1.CCc1nc2c([nH]1)CCCC2=O.CCc1nc2c(n1C(C)C)-c1nc(Cc3ccc(CN4CCN(CC)CC4)cn3)ncc1CC2.CCc1nc2c(n1C(C)C)-c1nc(N)ncc1CC2.CCc1nc2c(n1C(C)C)CC/C(=C/N(C)C)C2=O.CCc1nc2c(n1C(C)C)CCCC2=O.Cl.O=C1CCCC(=O)C1.[P-3]. The maximum atomic E-state index is 12.5. The average molecular weight is 1960 g/mol. The summed E-state index contributed by atoms with van der Waals surface area (Å²) in [7, 11) is 3.89. The number of nitrogens with two attached hydrogens (primary N) is 2. The lowest BCUT2D eigenvalue weighted by molar-refractivity contribution is -0.129. The quantitative estimate of drug-likeness (QED) is 0.0181. The molecule has 9 heterocycles. The van der Waals surface area contributed by atoms with Crippen molar-refractivity contribution in [2.45, 2.75) is 335 Å². The van der Waals surface area contributed by atoms with Gasteiger partial charge in [0.1, 0.15) is 69.4 Å². The molecular weight excluding hydrogens is 1810 g/mol. The molecule has 135 heavy (non-hydrogen) atoms. The van der Waals surface area contributed by atoms with Crippen molar-refractivity contribution in [1.29, 1.82) is 5.41 Å². The zero-order valence-electron chi connectivity index (χ0n) is 83.7. The number of ether oxygens (including phenoxy) is 2. The fraction of sp³-hybridized carbons (Fsp3) is 0.588. The van der Waals surface area contributed by atoms with Crippen LogP contribution >= 0.6 is 38.2 Å². The van der Waals surface area contributed by atoms with E-state index in [0.29, 0.717) is 111 Å². The lowest BCUT2D eigenvalue weighted by Crippen LogP contribution is -2.45. The molecule has 30 nitrogen and oxygen atoms in total. The van der Waals surface area contributed by atoms with Crippen LogP contribution in [0.1, 0.15) is 362 Å². The van der Waals surface area contributed by atoms with Crippen LogP contribution in [0.25, 0.3) is 22.8 Å². The Labute approximate surface area is 818 Å². The van der Waals surface area contributed by atoms with Gasteiger partial charge < -0.3 is 63.9 Å². The summed E-state index contributed by atoms with van der Waals surface area (Å²) in [6.45, 7) is 43.9. The number of carbonyl (C=O) groups excluding carboxylic acids is 7. The Morgan fingerprint density at radius 2 is 1.02 bits per heavy atom. The predicted octanol–water partition coefficient (Wildman–Crippen LogP) is 18.9. The number of aromatic nitrogens is 15. The minimum absolute atomic E-state index is 0. The van der Waals surface area contributed by atoms with E-state index in [4.69, 9.17) is 51.3 Å². The Morgan fingerprint density at radius 1 is 0.519 bits per heavy atom. The number of aromatic amines is 1. The largest absolute Gasteiger partial charge is 3.00 e. The van der Waals surface area contributed by atoms with Crippen molar-refractivity contribution in [3.8, 4) is 22.8 Å². The molecule has 33 heteroatoms. The van der Waals surface area contributed by atoms with Crippen molar-refractivity contribution in [3.63, 3.8) is 0 Å². The van der Waals surface area contributed by atoms with Crippen LogP contribution in [0, 0.1) is 5.41 Å². The summed E-state index contributed by atoms with van der Waals surface area (Å²) in [5, 5.41) is 6.52. The van der Waals surface area contributed by atoms with E-state index in [9.17, 15) is 33.6 Å². The van der Waals surface area contributed by atoms with Crippen molar-refractivity contribution >= 4 is 90.5 Å². The molecule has 0 aromatic carbocycles. The number of nitrogens with one attached hydrogen (secondary N) is 2. The molecule has 8 aliphatic carbocycles. The Hall–Kier alpha value is -9.94. The van der Waals surface area contributed by atoms with Gasteiger partial charge in [0.15, 0.2) is 23.1 Å². The molecule has 738 valence electrons. The van der Waals surface area contributed by atoms with Gasteiger partial charge in [-0.05, 0) is 198 Å². The number of piperazine rings is 1. The van der Waals surface area contributed by atoms with Crippen molar-refractivity contribution in [3.05, 3.63) is 167 Å². The monoisotopic (exact) mass is 1960 g/mol. The third kappa shape index (κ3) is 30.8. The van der Waals surface area contributed by atoms with Gasteiger partial charge in [0.25, 0.3) is 0 Å². The maximum absolute atomic E-state index is 12.5. The highest BCUT2D eigenvalue weighted by Crippen LogP contribution is 2.38. The second-order valence-corrected chi connectivity index (χ2v) is 36.8. The van der Waals surface area contributed by atoms with Crippen LogP contribution in [-0.2, 0) is 119 Å². The number of allylic oxidation sites excluding steroid dienone is 5. The summed E-state index contributed by atoms with van der Waals surface area (Å²) in [6, 6.07) is 5.84. The molecule has 0 radical (unpaired) electrons. The van der Waals surface area contributed by atoms with Crippen molar-refractivity contribution in [2.75, 3.05) is 65.8 Å². The molecule has 17 rings (SSSR count). The van der Waals surface area contributed by atoms with Crippen LogP contribution in [0.15, 0.2) is 64.6 Å². The molecule has 1 saturated carbocycles. The van der Waals surface area contributed by atoms with E-state index in [0.717, 1.165) is 271 Å². The standard InChI is InChI=1S/C27H37N7.C15H23N3O.C14H19N5.C12H18N2O.C9H12N2O.C8H11BrO2.C8H12O2.C6H8O2.C3H8N2.ClH.P/c1-5-25-30-23-10-8-21-17-29-24(31-26(21)27(23)34(25)19(3)4)15-22-9-7-20(16-28-22)18-33-13-11-32(6-2)12-14-33;1-6-13-16-14-12(18(13)10(2)3)8-7-11(15(14)19)9-17(4)5;1-4-11-17-10-6-5-9-7-16-14(15)18-12(9)13(10)19(11)8(2)3;1-4-11-13-12-9(14(11)8(2)3)6-5-7-10(12)15;1-2-8-10-6-4-3-5-7(12)9(6)11-8;1-2-11-7-5-3-4-6(10)8(7)9;1-2-10-8-5-3-4-7(9)6-8;7-5-2-1-3-6(8)4-5;1-2-3(4)5;;/h7,9,16-17,19H,5-6,8,10-15,18H2,1-4H3;9-10H,6-8H2,1-5H3;7-8H,4-6H2,1-3H3,(H2,15,16,18);8H,4-7H2,1-3H3;2-5H2,1H3,(H,10,11);2-5H2,1H3;6H,2-5H2,1H3;1-4H2;2H2,1H3,(H3,4,5);1H;/q;;;;;;;;;;-3/b;11-9-;;;;;;;;;. The number of anilines is 1. The minimum atomic E-state index is 0. The number of nitrogen functional groups attached to an aromatic ring is 1. The topological polar surface area (TPSA) is 388 Å². The molecule has 8 aromatic heterocycles. The number of rotatable bonds is 20. The van der Waals surface area contributed by atoms with E-state index >= 15 is 0 Å². The molecule has 6 N–H and O–H groups in total. The molecule has 0 unspecified atom stereocenters. The van der Waals surface area contributed by atoms with Crippen molar-refractivity contribution in [2.24, 2.45) is 5.73 Å². The minimum Gasteiger partial charge on any atom is -3.00 e. The number of imidazole rings is 5. The molecule has 0 spiro atoms. The number of Topliss-reactive ketones (excluding diaryl/α,β-unsaturated/α-hetero) is 6. The van der Waals surface area contributed by atoms with Gasteiger partial charge in [-0.3, -0.25) is 48.9 Å². The molecule has 0 amide bonds. The number of likely N-dealkylation sites (N-methyl/N-ethyl adjacent to an activating group) is 1. The lowest BCUT2D eigenvalue weighted by atomic mass is 9.94. The number of hydrogen-bond donors (Lipinski definition) is 4. The molecule has 0 atom stereocenters. The lowest BCUT2D eigenvalue weighted by Gasteiger charge is -3.00. The van der Waals surface area contributed by atoms with Gasteiger partial charge >= 0.3 is 0 Å². The van der Waals surface area contributed by atoms with E-state index in [1.165, 1.54) is 28.1 Å². The normalized spacial score (nSPS) is 16.2. The third-order valence-corrected chi connectivity index (χ3v) is 25.2. The van der Waals surface area contributed by atoms with Gasteiger partial charge in [-0.25, -0.2) is 44.9 Å². The molecule has 1 aliphatic heterocycles. The number of ketones is 7. The summed E-state index contributed by atoms with van der Waals surface area (Å²) in [5.41, 5.74) is 28.3. The van der Waals surface area contributed by atoms with Crippen LogP contribution in [-0.4, -0.2) is 194 Å². The summed E-state index contributed by atoms with van der Waals surface area (Å²) < 4.78 is 20.3. The van der Waals surface area contributed by atoms with Gasteiger partial charge in [0.2, 0.25) is 11.7 Å². The number of pyridine rings is 1. The summed E-state index contributed by atoms with van der Waals surface area (Å²) >= 11 is 3.23. The summed E-state index contributed by atoms with van der Waals surface area (Å²) in [6.07, 6.45) is 33.3. The highest BCUT2D eigenvalue weighted by molar-refractivity contribution is 9.12. The Bertz CT molecular complexity index is 5410. The van der Waals surface area contributed by atoms with E-state index in [1.54, 1.807) is 6.08 Å². The average Bonchev–Trinajstić information content (AvgIpc) is 1.61. The predicted molar refractivity (Wildman–Crippen MR) is 540 cm³/mol. The smallest absolute Gasteiger partial charge is 0.220 e. The Balaban J connectivity index is 0.000000217. The first-order valence-corrected chi connectivity index (χ1v) is 49.6. The second-order valence-electron chi connectivity index (χ2n) is 36.0. The molecule has 1 saturated heterocycles. The molecule has 9 aliphatic rings. The number of halogens is 2. The van der Waals surface area contributed by atoms with Gasteiger partial charge in [-0.15, -0.1) is 12.4 Å². The Morgan fingerprint density at radius 3 is 1.52 bits per heavy atom. The van der Waals surface area contributed by atoms with Crippen LogP contribution in [0.2, 0.25) is 0 Å². The molecule has 2 fully saturated rings. The number of H-pyrrole nitrogens is 1. The first-order chi connectivity index (χ1) is 63.7. The van der Waals surface area contributed by atoms with Gasteiger partial charge in [-0.1, -0.05) is 54.5 Å². The fourth-order valence-electron chi connectivity index (χ4n) is 17.8. The summed E-state index contributed by atoms with van der Waals surface area (Å²) in [5.74, 6) is 9.54. The van der Waals surface area contributed by atoms with Crippen LogP contribution in [0.3, 0.4) is 0 Å². The second kappa shape index (κ2) is 54.9. The molecule has 8 aromatic rings. The fourth-order valence-corrected chi connectivity index (χ4v) is 18.3. The van der Waals surface area contributed by atoms with Gasteiger partial charge in [0.05, 0.1) is 76.3 Å².